The number of rotatable bonds is 4. The van der Waals surface area contributed by atoms with Gasteiger partial charge in [0.25, 0.3) is 5.91 Å². The van der Waals surface area contributed by atoms with Crippen LogP contribution >= 0.6 is 15.9 Å². The number of hydrogen-bond acceptors (Lipinski definition) is 4. The number of sulfone groups is 1. The number of hydrazine groups is 1. The van der Waals surface area contributed by atoms with E-state index in [0.29, 0.717) is 6.42 Å². The average Bonchev–Trinajstić information content (AvgIpc) is 2.82. The monoisotopic (exact) mass is 400 g/mol. The first-order chi connectivity index (χ1) is 10.8. The molecule has 2 N–H and O–H groups in total. The van der Waals surface area contributed by atoms with Crippen molar-refractivity contribution < 1.29 is 18.0 Å². The highest BCUT2D eigenvalue weighted by Crippen LogP contribution is 2.21. The Bertz CT molecular complexity index is 731. The van der Waals surface area contributed by atoms with Crippen LogP contribution in [0.4, 0.5) is 0 Å². The van der Waals surface area contributed by atoms with Crippen molar-refractivity contribution >= 4 is 43.7 Å². The van der Waals surface area contributed by atoms with Gasteiger partial charge in [0, 0.05) is 17.0 Å². The molecule has 124 valence electrons. The van der Waals surface area contributed by atoms with Gasteiger partial charge in [0.1, 0.15) is 0 Å². The molecule has 0 radical (unpaired) electrons. The molecule has 0 saturated carbocycles. The Morgan fingerprint density at radius 1 is 1.30 bits per heavy atom. The van der Waals surface area contributed by atoms with Crippen molar-refractivity contribution in [3.63, 3.8) is 0 Å². The largest absolute Gasteiger partial charge is 0.273 e. The van der Waals surface area contributed by atoms with Crippen LogP contribution in [0.2, 0.25) is 0 Å². The van der Waals surface area contributed by atoms with Crippen LogP contribution in [0.3, 0.4) is 0 Å². The van der Waals surface area contributed by atoms with Crippen molar-refractivity contribution in [2.45, 2.75) is 12.8 Å². The fourth-order valence-electron chi connectivity index (χ4n) is 2.30. The predicted octanol–water partition coefficient (Wildman–Crippen LogP) is 1.43. The zero-order chi connectivity index (χ0) is 16.9. The Morgan fingerprint density at radius 2 is 2.09 bits per heavy atom. The Morgan fingerprint density at radius 3 is 2.74 bits per heavy atom. The van der Waals surface area contributed by atoms with Crippen LogP contribution in [0.25, 0.3) is 6.08 Å². The summed E-state index contributed by atoms with van der Waals surface area (Å²) in [6.45, 7) is 0. The highest BCUT2D eigenvalue weighted by molar-refractivity contribution is 9.10. The van der Waals surface area contributed by atoms with Gasteiger partial charge in [0.2, 0.25) is 5.91 Å². The Kier molecular flexibility index (Phi) is 5.95. The maximum absolute atomic E-state index is 11.7. The molecular weight excluding hydrogens is 384 g/mol. The van der Waals surface area contributed by atoms with Crippen LogP contribution in [0.1, 0.15) is 18.4 Å². The van der Waals surface area contributed by atoms with E-state index in [1.165, 1.54) is 6.08 Å². The molecule has 1 aliphatic heterocycles. The van der Waals surface area contributed by atoms with Gasteiger partial charge in [-0.05, 0) is 36.1 Å². The first kappa shape index (κ1) is 17.7. The van der Waals surface area contributed by atoms with Gasteiger partial charge in [0.05, 0.1) is 11.5 Å². The van der Waals surface area contributed by atoms with Crippen LogP contribution in [-0.2, 0) is 19.4 Å². The molecule has 1 atom stereocenters. The second kappa shape index (κ2) is 7.74. The Balaban J connectivity index is 1.75. The van der Waals surface area contributed by atoms with Crippen molar-refractivity contribution in [2.24, 2.45) is 5.92 Å². The van der Waals surface area contributed by atoms with Gasteiger partial charge in [-0.25, -0.2) is 8.42 Å². The van der Waals surface area contributed by atoms with Crippen molar-refractivity contribution in [2.75, 3.05) is 11.5 Å². The van der Waals surface area contributed by atoms with Crippen molar-refractivity contribution in [1.29, 1.82) is 0 Å². The zero-order valence-corrected chi connectivity index (χ0v) is 14.7. The van der Waals surface area contributed by atoms with Gasteiger partial charge in [0.15, 0.2) is 9.84 Å². The summed E-state index contributed by atoms with van der Waals surface area (Å²) in [7, 11) is -3.00. The Hall–Kier alpha value is -1.67. The molecule has 0 bridgehead atoms. The minimum absolute atomic E-state index is 0.0388. The summed E-state index contributed by atoms with van der Waals surface area (Å²) in [5, 5.41) is 0. The van der Waals surface area contributed by atoms with Gasteiger partial charge in [-0.2, -0.15) is 0 Å². The molecule has 1 aromatic carbocycles. The van der Waals surface area contributed by atoms with Crippen molar-refractivity contribution in [3.05, 3.63) is 40.4 Å². The van der Waals surface area contributed by atoms with Crippen LogP contribution in [-0.4, -0.2) is 31.7 Å². The lowest BCUT2D eigenvalue weighted by Gasteiger charge is -2.08. The molecule has 1 fully saturated rings. The maximum atomic E-state index is 11.7. The molecule has 1 aromatic rings. The summed E-state index contributed by atoms with van der Waals surface area (Å²) >= 11 is 3.33. The normalized spacial score (nSPS) is 19.6. The van der Waals surface area contributed by atoms with E-state index in [-0.39, 0.29) is 23.8 Å². The molecule has 2 amide bonds. The standard InChI is InChI=1S/C15H17BrN2O4S/c16-13-3-1-2-11(8-13)4-5-14(19)17-18-15(20)9-12-6-7-23(21,22)10-12/h1-5,8,12H,6-7,9-10H2,(H,17,19)(H,18,20)/b5-4+/t12-/m1/s1. The molecule has 2 rings (SSSR count). The molecule has 0 aromatic heterocycles. The highest BCUT2D eigenvalue weighted by Gasteiger charge is 2.29. The average molecular weight is 401 g/mol. The Labute approximate surface area is 143 Å². The number of benzene rings is 1. The molecule has 1 saturated heterocycles. The lowest BCUT2D eigenvalue weighted by atomic mass is 10.1. The number of carbonyl (C=O) groups excluding carboxylic acids is 2. The third-order valence-electron chi connectivity index (χ3n) is 3.40. The van der Waals surface area contributed by atoms with Gasteiger partial charge >= 0.3 is 0 Å². The summed E-state index contributed by atoms with van der Waals surface area (Å²) in [5.74, 6) is -0.855. The summed E-state index contributed by atoms with van der Waals surface area (Å²) < 4.78 is 23.5. The minimum atomic E-state index is -3.00. The topological polar surface area (TPSA) is 92.3 Å². The summed E-state index contributed by atoms with van der Waals surface area (Å²) in [6.07, 6.45) is 3.51. The second-order valence-electron chi connectivity index (χ2n) is 5.40. The third kappa shape index (κ3) is 6.15. The SMILES string of the molecule is O=C(/C=C/c1cccc(Br)c1)NNC(=O)C[C@H]1CCS(=O)(=O)C1. The molecule has 0 aliphatic carbocycles. The van der Waals surface area contributed by atoms with E-state index < -0.39 is 21.7 Å². The van der Waals surface area contributed by atoms with Gasteiger partial charge in [-0.1, -0.05) is 28.1 Å². The molecule has 6 nitrogen and oxygen atoms in total. The summed E-state index contributed by atoms with van der Waals surface area (Å²) in [6, 6.07) is 7.41. The van der Waals surface area contributed by atoms with E-state index in [4.69, 9.17) is 0 Å². The smallest absolute Gasteiger partial charge is 0.262 e. The van der Waals surface area contributed by atoms with Crippen LogP contribution in [0, 0.1) is 5.92 Å². The lowest BCUT2D eigenvalue weighted by Crippen LogP contribution is -2.41. The van der Waals surface area contributed by atoms with E-state index in [0.717, 1.165) is 10.0 Å². The number of hydrogen-bond donors (Lipinski definition) is 2. The zero-order valence-electron chi connectivity index (χ0n) is 12.3. The first-order valence-electron chi connectivity index (χ1n) is 7.07. The number of amides is 2. The molecule has 8 heteroatoms. The third-order valence-corrected chi connectivity index (χ3v) is 5.73. The quantitative estimate of drug-likeness (QED) is 0.590. The fraction of sp³-hybridized carbons (Fsp3) is 0.333. The first-order valence-corrected chi connectivity index (χ1v) is 9.68. The molecule has 1 heterocycles. The molecule has 0 spiro atoms. The summed E-state index contributed by atoms with van der Waals surface area (Å²) in [4.78, 5) is 23.3. The van der Waals surface area contributed by atoms with Crippen LogP contribution < -0.4 is 10.9 Å². The van der Waals surface area contributed by atoms with Gasteiger partial charge in [-0.15, -0.1) is 0 Å². The predicted molar refractivity (Wildman–Crippen MR) is 90.8 cm³/mol. The molecule has 23 heavy (non-hydrogen) atoms. The number of halogens is 1. The molecule has 1 aliphatic rings. The second-order valence-corrected chi connectivity index (χ2v) is 8.54. The number of nitrogens with one attached hydrogen (secondary N) is 2. The molecule has 0 unspecified atom stereocenters. The van der Waals surface area contributed by atoms with Crippen LogP contribution in [0.15, 0.2) is 34.8 Å². The fourth-order valence-corrected chi connectivity index (χ4v) is 4.58. The van der Waals surface area contributed by atoms with E-state index in [1.54, 1.807) is 6.08 Å². The van der Waals surface area contributed by atoms with Crippen molar-refractivity contribution in [1.82, 2.24) is 10.9 Å². The minimum Gasteiger partial charge on any atom is -0.273 e. The lowest BCUT2D eigenvalue weighted by molar-refractivity contribution is -0.127. The van der Waals surface area contributed by atoms with Crippen molar-refractivity contribution in [3.8, 4) is 0 Å². The molecular formula is C15H17BrN2O4S. The van der Waals surface area contributed by atoms with E-state index in [9.17, 15) is 18.0 Å². The number of carbonyl (C=O) groups is 2. The maximum Gasteiger partial charge on any atom is 0.262 e. The van der Waals surface area contributed by atoms with Gasteiger partial charge in [-0.3, -0.25) is 20.4 Å². The highest BCUT2D eigenvalue weighted by atomic mass is 79.9. The van der Waals surface area contributed by atoms with Gasteiger partial charge < -0.3 is 0 Å². The van der Waals surface area contributed by atoms with E-state index in [2.05, 4.69) is 26.8 Å². The van der Waals surface area contributed by atoms with Crippen LogP contribution in [0.5, 0.6) is 0 Å². The van der Waals surface area contributed by atoms with E-state index >= 15 is 0 Å². The summed E-state index contributed by atoms with van der Waals surface area (Å²) in [5.41, 5.74) is 5.41. The van der Waals surface area contributed by atoms with E-state index in [1.807, 2.05) is 24.3 Å².